The second-order valence-electron chi connectivity index (χ2n) is 3.16. The van der Waals surface area contributed by atoms with Gasteiger partial charge in [-0.3, -0.25) is 4.79 Å². The molecule has 0 aliphatic heterocycles. The Bertz CT molecular complexity index is 362. The lowest BCUT2D eigenvalue weighted by Crippen LogP contribution is -2.48. The highest BCUT2D eigenvalue weighted by molar-refractivity contribution is 6.95. The first kappa shape index (κ1) is 11.5. The molecule has 0 fully saturated rings. The Labute approximate surface area is 91.0 Å². The predicted octanol–water partition coefficient (Wildman–Crippen LogP) is 1.85. The minimum absolute atomic E-state index is 0.301. The van der Waals surface area contributed by atoms with Gasteiger partial charge in [-0.1, -0.05) is 41.7 Å². The monoisotopic (exact) mass is 218 g/mol. The fourth-order valence-electron chi connectivity index (χ4n) is 1.40. The molecule has 15 heavy (non-hydrogen) atoms. The van der Waals surface area contributed by atoms with Crippen molar-refractivity contribution in [3.05, 3.63) is 54.9 Å². The molecule has 0 saturated carbocycles. The van der Waals surface area contributed by atoms with Crippen LogP contribution in [0.25, 0.3) is 0 Å². The quantitative estimate of drug-likeness (QED) is 0.721. The van der Waals surface area contributed by atoms with E-state index in [4.69, 9.17) is 4.43 Å². The summed E-state index contributed by atoms with van der Waals surface area (Å²) in [7, 11) is -2.50. The van der Waals surface area contributed by atoms with Crippen molar-refractivity contribution >= 4 is 19.5 Å². The van der Waals surface area contributed by atoms with Gasteiger partial charge in [0.25, 0.3) is 5.97 Å². The van der Waals surface area contributed by atoms with Crippen LogP contribution in [0.3, 0.4) is 0 Å². The van der Waals surface area contributed by atoms with E-state index < -0.39 is 8.32 Å². The fraction of sp³-hybridized carbons (Fsp3) is 0.0833. The lowest BCUT2D eigenvalue weighted by Gasteiger charge is -2.23. The van der Waals surface area contributed by atoms with Crippen molar-refractivity contribution < 1.29 is 9.22 Å². The third-order valence-corrected chi connectivity index (χ3v) is 5.22. The molecule has 0 heterocycles. The lowest BCUT2D eigenvalue weighted by molar-refractivity contribution is -0.132. The van der Waals surface area contributed by atoms with Gasteiger partial charge < -0.3 is 4.43 Å². The van der Waals surface area contributed by atoms with E-state index >= 15 is 0 Å². The number of hydrogen-bond acceptors (Lipinski definition) is 2. The summed E-state index contributed by atoms with van der Waals surface area (Å²) in [5.41, 5.74) is 3.41. The number of hydrogen-bond donors (Lipinski definition) is 0. The fourth-order valence-corrected chi connectivity index (χ4v) is 3.51. The van der Waals surface area contributed by atoms with E-state index in [1.165, 1.54) is 6.92 Å². The average molecular weight is 218 g/mol. The number of carbonyl (C=O) groups is 1. The molecule has 0 unspecified atom stereocenters. The number of carbonyl (C=O) groups excluding carboxylic acids is 1. The van der Waals surface area contributed by atoms with Crippen molar-refractivity contribution in [2.24, 2.45) is 0 Å². The molecular weight excluding hydrogens is 204 g/mol. The van der Waals surface area contributed by atoms with Gasteiger partial charge in [0.05, 0.1) is 0 Å². The van der Waals surface area contributed by atoms with Crippen molar-refractivity contribution in [3.8, 4) is 0 Å². The Morgan fingerprint density at radius 2 is 1.80 bits per heavy atom. The van der Waals surface area contributed by atoms with Crippen molar-refractivity contribution in [2.75, 3.05) is 0 Å². The normalized spacial score (nSPS) is 10.5. The molecule has 1 aromatic carbocycles. The van der Waals surface area contributed by atoms with Gasteiger partial charge in [-0.2, -0.15) is 0 Å². The van der Waals surface area contributed by atoms with Crippen molar-refractivity contribution in [1.29, 1.82) is 0 Å². The van der Waals surface area contributed by atoms with Gasteiger partial charge in [0.15, 0.2) is 0 Å². The largest absolute Gasteiger partial charge is 0.507 e. The molecule has 1 aromatic rings. The van der Waals surface area contributed by atoms with Crippen LogP contribution in [0.1, 0.15) is 6.92 Å². The third-order valence-electron chi connectivity index (χ3n) is 2.14. The summed E-state index contributed by atoms with van der Waals surface area (Å²) in [5, 5.41) is 0.977. The SMILES string of the molecule is C=C[Si](C=C)(OC(C)=O)c1ccccc1. The Balaban J connectivity index is 3.16. The minimum Gasteiger partial charge on any atom is -0.507 e. The van der Waals surface area contributed by atoms with Gasteiger partial charge >= 0.3 is 8.32 Å². The first-order valence-corrected chi connectivity index (χ1v) is 6.73. The van der Waals surface area contributed by atoms with Gasteiger partial charge in [-0.25, -0.2) is 0 Å². The van der Waals surface area contributed by atoms with E-state index in [2.05, 4.69) is 13.2 Å². The summed E-state index contributed by atoms with van der Waals surface area (Å²) in [5.74, 6) is -0.301. The lowest BCUT2D eigenvalue weighted by atomic mass is 10.4. The maximum absolute atomic E-state index is 11.1. The van der Waals surface area contributed by atoms with Gasteiger partial charge in [0.2, 0.25) is 0 Å². The summed E-state index contributed by atoms with van der Waals surface area (Å²) in [6.45, 7) is 8.89. The highest BCUT2D eigenvalue weighted by atomic mass is 28.4. The Morgan fingerprint density at radius 3 is 2.20 bits per heavy atom. The molecule has 3 heteroatoms. The maximum Gasteiger partial charge on any atom is 0.335 e. The van der Waals surface area contributed by atoms with Gasteiger partial charge in [-0.15, -0.1) is 13.2 Å². The van der Waals surface area contributed by atoms with Gasteiger partial charge in [0.1, 0.15) is 0 Å². The van der Waals surface area contributed by atoms with E-state index in [9.17, 15) is 4.79 Å². The summed E-state index contributed by atoms with van der Waals surface area (Å²) < 4.78 is 5.39. The van der Waals surface area contributed by atoms with Crippen molar-refractivity contribution in [1.82, 2.24) is 0 Å². The van der Waals surface area contributed by atoms with Crippen LogP contribution in [0, 0.1) is 0 Å². The second kappa shape index (κ2) is 4.75. The summed E-state index contributed by atoms with van der Waals surface area (Å²) in [6, 6.07) is 9.60. The molecule has 0 radical (unpaired) electrons. The smallest absolute Gasteiger partial charge is 0.335 e. The molecule has 0 spiro atoms. The zero-order valence-electron chi connectivity index (χ0n) is 8.77. The Kier molecular flexibility index (Phi) is 3.63. The van der Waals surface area contributed by atoms with Crippen LogP contribution in [0.4, 0.5) is 0 Å². The summed E-state index contributed by atoms with van der Waals surface area (Å²) in [4.78, 5) is 11.1. The van der Waals surface area contributed by atoms with Crippen LogP contribution in [0.15, 0.2) is 54.9 Å². The van der Waals surface area contributed by atoms with Crippen LogP contribution in [-0.4, -0.2) is 14.3 Å². The molecule has 0 bridgehead atoms. The molecule has 0 aromatic heterocycles. The van der Waals surface area contributed by atoms with E-state index in [0.717, 1.165) is 5.19 Å². The molecule has 1 rings (SSSR count). The Morgan fingerprint density at radius 1 is 1.27 bits per heavy atom. The summed E-state index contributed by atoms with van der Waals surface area (Å²) in [6.07, 6.45) is 0. The van der Waals surface area contributed by atoms with Gasteiger partial charge in [-0.05, 0) is 5.19 Å². The molecule has 0 saturated heterocycles. The first-order chi connectivity index (χ1) is 7.14. The van der Waals surface area contributed by atoms with Crippen LogP contribution in [-0.2, 0) is 9.22 Å². The number of benzene rings is 1. The van der Waals surface area contributed by atoms with Crippen LogP contribution >= 0.6 is 0 Å². The summed E-state index contributed by atoms with van der Waals surface area (Å²) >= 11 is 0. The minimum atomic E-state index is -2.50. The molecule has 2 nitrogen and oxygen atoms in total. The average Bonchev–Trinajstić information content (AvgIpc) is 2.27. The van der Waals surface area contributed by atoms with E-state index in [0.29, 0.717) is 0 Å². The zero-order chi connectivity index (χ0) is 11.3. The second-order valence-corrected chi connectivity index (χ2v) is 6.35. The van der Waals surface area contributed by atoms with E-state index in [-0.39, 0.29) is 5.97 Å². The third kappa shape index (κ3) is 2.44. The van der Waals surface area contributed by atoms with Gasteiger partial charge in [0, 0.05) is 6.92 Å². The molecule has 78 valence electrons. The molecule has 0 atom stereocenters. The number of rotatable bonds is 4. The molecule has 0 amide bonds. The van der Waals surface area contributed by atoms with Crippen molar-refractivity contribution in [2.45, 2.75) is 6.92 Å². The van der Waals surface area contributed by atoms with Crippen LogP contribution in [0.2, 0.25) is 0 Å². The molecule has 0 N–H and O–H groups in total. The predicted molar refractivity (Wildman–Crippen MR) is 64.0 cm³/mol. The maximum atomic E-state index is 11.1. The topological polar surface area (TPSA) is 26.3 Å². The van der Waals surface area contributed by atoms with Crippen LogP contribution in [0.5, 0.6) is 0 Å². The van der Waals surface area contributed by atoms with Crippen molar-refractivity contribution in [3.63, 3.8) is 0 Å². The van der Waals surface area contributed by atoms with E-state index in [1.807, 2.05) is 30.3 Å². The molecule has 0 aliphatic rings. The Hall–Kier alpha value is -1.61. The first-order valence-electron chi connectivity index (χ1n) is 4.67. The zero-order valence-corrected chi connectivity index (χ0v) is 9.77. The highest BCUT2D eigenvalue weighted by Crippen LogP contribution is 2.09. The standard InChI is InChI=1S/C12H14O2Si/c1-4-15(5-2,14-11(3)13)12-9-7-6-8-10-12/h4-10H,1-2H2,3H3. The molecule has 0 aliphatic carbocycles. The van der Waals surface area contributed by atoms with Crippen LogP contribution < -0.4 is 5.19 Å². The van der Waals surface area contributed by atoms with E-state index in [1.54, 1.807) is 11.4 Å². The highest BCUT2D eigenvalue weighted by Gasteiger charge is 2.33. The molecular formula is C12H14O2Si.